The lowest BCUT2D eigenvalue weighted by Crippen LogP contribution is -2.36. The summed E-state index contributed by atoms with van der Waals surface area (Å²) in [6.45, 7) is -5.38. The predicted molar refractivity (Wildman–Crippen MR) is 39.8 cm³/mol. The molecule has 0 fully saturated rings. The molecule has 0 saturated heterocycles. The first-order valence-electron chi connectivity index (χ1n) is 3.34. The molecule has 0 aliphatic carbocycles. The minimum absolute atomic E-state index is 0.199. The van der Waals surface area contributed by atoms with E-state index in [1.54, 1.807) is 0 Å². The minimum Gasteiger partial charge on any atom is -0.445 e. The third kappa shape index (κ3) is 1.99. The fraction of sp³-hybridized carbons (Fsp3) is 0. The van der Waals surface area contributed by atoms with Crippen LogP contribution in [0, 0.1) is 17.1 Å². The van der Waals surface area contributed by atoms with Gasteiger partial charge in [0, 0.05) is 5.56 Å². The molecule has 1 aromatic rings. The van der Waals surface area contributed by atoms with Crippen molar-refractivity contribution < 1.29 is 17.3 Å². The van der Waals surface area contributed by atoms with Crippen LogP contribution in [0.4, 0.5) is 17.3 Å². The largest absolute Gasteiger partial charge is 0.512 e. The Kier molecular flexibility index (Phi) is 2.28. The molecule has 0 amide bonds. The summed E-state index contributed by atoms with van der Waals surface area (Å²) in [5.41, 5.74) is -1.55. The van der Waals surface area contributed by atoms with Gasteiger partial charge in [-0.25, -0.2) is 4.39 Å². The molecule has 13 heavy (non-hydrogen) atoms. The summed E-state index contributed by atoms with van der Waals surface area (Å²) >= 11 is 0. The first kappa shape index (κ1) is 9.58. The lowest BCUT2D eigenvalue weighted by molar-refractivity contribution is 0.494. The highest BCUT2D eigenvalue weighted by Crippen LogP contribution is 2.12. The van der Waals surface area contributed by atoms with Gasteiger partial charge >= 0.3 is 6.98 Å². The van der Waals surface area contributed by atoms with Gasteiger partial charge in [-0.3, -0.25) is 0 Å². The van der Waals surface area contributed by atoms with E-state index in [4.69, 9.17) is 5.26 Å². The molecule has 0 aromatic heterocycles. The average Bonchev–Trinajstić information content (AvgIpc) is 2.03. The van der Waals surface area contributed by atoms with Gasteiger partial charge in [-0.1, -0.05) is 11.5 Å². The summed E-state index contributed by atoms with van der Waals surface area (Å²) < 4.78 is 48.8. The molecule has 0 N–H and O–H groups in total. The molecule has 6 heteroatoms. The fourth-order valence-corrected chi connectivity index (χ4v) is 0.864. The molecule has 0 aliphatic rings. The molecular formula is C7H3BF4N-. The third-order valence-corrected chi connectivity index (χ3v) is 1.48. The molecule has 0 atom stereocenters. The van der Waals surface area contributed by atoms with Gasteiger partial charge in [0.05, 0.1) is 11.9 Å². The molecule has 0 bridgehead atoms. The maximum Gasteiger partial charge on any atom is 0.512 e. The van der Waals surface area contributed by atoms with Gasteiger partial charge in [0.1, 0.15) is 0 Å². The number of benzene rings is 1. The van der Waals surface area contributed by atoms with Crippen molar-refractivity contribution in [3.05, 3.63) is 29.6 Å². The number of nitriles is 1. The van der Waals surface area contributed by atoms with Crippen molar-refractivity contribution in [2.75, 3.05) is 0 Å². The van der Waals surface area contributed by atoms with Crippen LogP contribution in [0.25, 0.3) is 0 Å². The van der Waals surface area contributed by atoms with Crippen LogP contribution in [0.15, 0.2) is 18.2 Å². The average molecular weight is 188 g/mol. The third-order valence-electron chi connectivity index (χ3n) is 1.48. The second kappa shape index (κ2) is 3.09. The lowest BCUT2D eigenvalue weighted by Gasteiger charge is -2.15. The van der Waals surface area contributed by atoms with E-state index in [-0.39, 0.29) is 5.56 Å². The SMILES string of the molecule is N#Cc1ccc(F)c([B-](F)(F)F)c1. The Morgan fingerprint density at radius 3 is 2.31 bits per heavy atom. The Bertz CT molecular complexity index is 366. The summed E-state index contributed by atoms with van der Waals surface area (Å²) in [5, 5.41) is 8.29. The first-order chi connectivity index (χ1) is 5.95. The van der Waals surface area contributed by atoms with Crippen LogP contribution < -0.4 is 5.46 Å². The Morgan fingerprint density at radius 2 is 1.85 bits per heavy atom. The molecule has 0 saturated carbocycles. The van der Waals surface area contributed by atoms with Gasteiger partial charge in [-0.05, 0) is 12.1 Å². The van der Waals surface area contributed by atoms with Crippen LogP contribution in [0.2, 0.25) is 0 Å². The van der Waals surface area contributed by atoms with E-state index < -0.39 is 18.3 Å². The van der Waals surface area contributed by atoms with Gasteiger partial charge in [0.15, 0.2) is 0 Å². The van der Waals surface area contributed by atoms with E-state index in [0.29, 0.717) is 12.1 Å². The lowest BCUT2D eigenvalue weighted by atomic mass is 9.79. The molecule has 0 unspecified atom stereocenters. The number of halogens is 4. The molecule has 1 nitrogen and oxygen atoms in total. The maximum atomic E-state index is 12.6. The predicted octanol–water partition coefficient (Wildman–Crippen LogP) is 1.75. The van der Waals surface area contributed by atoms with E-state index in [2.05, 4.69) is 0 Å². The molecule has 68 valence electrons. The Morgan fingerprint density at radius 1 is 1.23 bits per heavy atom. The van der Waals surface area contributed by atoms with Crippen LogP contribution >= 0.6 is 0 Å². The number of hydrogen-bond acceptors (Lipinski definition) is 1. The Hall–Kier alpha value is -1.51. The zero-order chi connectivity index (χ0) is 10.1. The van der Waals surface area contributed by atoms with E-state index in [9.17, 15) is 17.3 Å². The zero-order valence-corrected chi connectivity index (χ0v) is 6.27. The van der Waals surface area contributed by atoms with Crippen molar-refractivity contribution in [2.24, 2.45) is 0 Å². The van der Waals surface area contributed by atoms with Crippen molar-refractivity contribution in [3.63, 3.8) is 0 Å². The summed E-state index contributed by atoms with van der Waals surface area (Å²) in [5.74, 6) is -1.34. The molecular weight excluding hydrogens is 185 g/mol. The van der Waals surface area contributed by atoms with Crippen molar-refractivity contribution in [3.8, 4) is 6.07 Å². The molecule has 0 aliphatic heterocycles. The maximum absolute atomic E-state index is 12.6. The summed E-state index contributed by atoms with van der Waals surface area (Å²) in [4.78, 5) is 0. The van der Waals surface area contributed by atoms with E-state index in [1.165, 1.54) is 6.07 Å². The van der Waals surface area contributed by atoms with Crippen LogP contribution in [0.3, 0.4) is 0 Å². The summed E-state index contributed by atoms with van der Waals surface area (Å²) in [7, 11) is 0. The van der Waals surface area contributed by atoms with Gasteiger partial charge in [-0.2, -0.15) is 5.26 Å². The van der Waals surface area contributed by atoms with Crippen molar-refractivity contribution in [1.29, 1.82) is 5.26 Å². The zero-order valence-electron chi connectivity index (χ0n) is 6.27. The second-order valence-electron chi connectivity index (χ2n) is 2.42. The number of rotatable bonds is 1. The quantitative estimate of drug-likeness (QED) is 0.486. The molecule has 0 spiro atoms. The highest BCUT2D eigenvalue weighted by atomic mass is 19.4. The minimum atomic E-state index is -5.38. The smallest absolute Gasteiger partial charge is 0.445 e. The van der Waals surface area contributed by atoms with Crippen molar-refractivity contribution in [1.82, 2.24) is 0 Å². The number of hydrogen-bond donors (Lipinski definition) is 0. The topological polar surface area (TPSA) is 23.8 Å². The Balaban J connectivity index is 3.29. The highest BCUT2D eigenvalue weighted by molar-refractivity contribution is 6.73. The Labute approximate surface area is 71.7 Å². The molecule has 1 aromatic carbocycles. The normalized spacial score (nSPS) is 11.0. The van der Waals surface area contributed by atoms with E-state index >= 15 is 0 Å². The van der Waals surface area contributed by atoms with E-state index in [1.807, 2.05) is 0 Å². The van der Waals surface area contributed by atoms with Crippen LogP contribution in [-0.4, -0.2) is 6.98 Å². The van der Waals surface area contributed by atoms with Gasteiger partial charge in [0.25, 0.3) is 0 Å². The van der Waals surface area contributed by atoms with Gasteiger partial charge < -0.3 is 12.9 Å². The standard InChI is InChI=1S/C7H3BF4N/c9-7-2-1-5(4-13)3-6(7)8(10,11)12/h1-3H/q-1. The van der Waals surface area contributed by atoms with Crippen LogP contribution in [0.5, 0.6) is 0 Å². The highest BCUT2D eigenvalue weighted by Gasteiger charge is 2.28. The molecule has 0 heterocycles. The second-order valence-corrected chi connectivity index (χ2v) is 2.42. The van der Waals surface area contributed by atoms with Gasteiger partial charge in [0.2, 0.25) is 0 Å². The molecule has 1 rings (SSSR count). The summed E-state index contributed by atoms with van der Waals surface area (Å²) in [6, 6.07) is 3.66. The van der Waals surface area contributed by atoms with Gasteiger partial charge in [-0.15, -0.1) is 0 Å². The monoisotopic (exact) mass is 188 g/mol. The fourth-order valence-electron chi connectivity index (χ4n) is 0.864. The van der Waals surface area contributed by atoms with Crippen molar-refractivity contribution in [2.45, 2.75) is 0 Å². The summed E-state index contributed by atoms with van der Waals surface area (Å²) in [6.07, 6.45) is 0. The van der Waals surface area contributed by atoms with E-state index in [0.717, 1.165) is 6.07 Å². The van der Waals surface area contributed by atoms with Crippen LogP contribution in [-0.2, 0) is 0 Å². The molecule has 0 radical (unpaired) electrons. The first-order valence-corrected chi connectivity index (χ1v) is 3.34. The number of nitrogens with zero attached hydrogens (tertiary/aromatic N) is 1. The van der Waals surface area contributed by atoms with Crippen molar-refractivity contribution >= 4 is 12.4 Å². The van der Waals surface area contributed by atoms with Crippen LogP contribution in [0.1, 0.15) is 5.56 Å².